The molecular weight excluding hydrogens is 404 g/mol. The highest BCUT2D eigenvalue weighted by atomic mass is 32.1. The van der Waals surface area contributed by atoms with Crippen LogP contribution in [0.1, 0.15) is 62.8 Å². The summed E-state index contributed by atoms with van der Waals surface area (Å²) in [6, 6.07) is 8.25. The molecule has 1 aromatic carbocycles. The third-order valence-corrected chi connectivity index (χ3v) is 7.73. The van der Waals surface area contributed by atoms with E-state index in [0.717, 1.165) is 40.9 Å². The number of benzene rings is 1. The molecule has 1 saturated carbocycles. The molecule has 2 aromatic heterocycles. The van der Waals surface area contributed by atoms with Gasteiger partial charge in [0.2, 0.25) is 0 Å². The number of anilines is 1. The molecule has 3 aromatic rings. The van der Waals surface area contributed by atoms with Gasteiger partial charge in [-0.3, -0.25) is 0 Å². The molecule has 5 rings (SSSR count). The Labute approximate surface area is 188 Å². The van der Waals surface area contributed by atoms with Crippen molar-refractivity contribution in [2.75, 3.05) is 25.1 Å². The van der Waals surface area contributed by atoms with Gasteiger partial charge in [-0.1, -0.05) is 30.6 Å². The molecule has 2 fully saturated rings. The molecular formula is C25H30N4OS. The van der Waals surface area contributed by atoms with Crippen LogP contribution in [-0.2, 0) is 0 Å². The summed E-state index contributed by atoms with van der Waals surface area (Å²) in [6.45, 7) is 2.18. The topological polar surface area (TPSA) is 51.1 Å². The summed E-state index contributed by atoms with van der Waals surface area (Å²) < 4.78 is 5.37. The minimum atomic E-state index is 0.550. The van der Waals surface area contributed by atoms with Gasteiger partial charge in [-0.25, -0.2) is 15.0 Å². The molecule has 6 heteroatoms. The van der Waals surface area contributed by atoms with E-state index in [1.54, 1.807) is 24.8 Å². The van der Waals surface area contributed by atoms with Gasteiger partial charge >= 0.3 is 0 Å². The SMILES string of the molecule is COc1ccc(-c2nc(N3CCCCC3)sc2-c2ncncc2C2CCCCC2)cc1. The van der Waals surface area contributed by atoms with Crippen LogP contribution in [0.5, 0.6) is 5.75 Å². The van der Waals surface area contributed by atoms with E-state index in [-0.39, 0.29) is 0 Å². The molecule has 2 aliphatic rings. The lowest BCUT2D eigenvalue weighted by molar-refractivity contribution is 0.415. The van der Waals surface area contributed by atoms with Gasteiger partial charge in [0.25, 0.3) is 0 Å². The van der Waals surface area contributed by atoms with Crippen LogP contribution in [0.25, 0.3) is 21.8 Å². The van der Waals surface area contributed by atoms with Gasteiger partial charge < -0.3 is 9.64 Å². The molecule has 162 valence electrons. The van der Waals surface area contributed by atoms with Gasteiger partial charge in [-0.15, -0.1) is 0 Å². The van der Waals surface area contributed by atoms with Gasteiger partial charge in [0.1, 0.15) is 12.1 Å². The number of hydrogen-bond donors (Lipinski definition) is 0. The lowest BCUT2D eigenvalue weighted by atomic mass is 9.83. The number of ether oxygens (including phenoxy) is 1. The van der Waals surface area contributed by atoms with Crippen molar-refractivity contribution in [3.05, 3.63) is 42.4 Å². The molecule has 0 spiro atoms. The first-order valence-electron chi connectivity index (χ1n) is 11.5. The maximum absolute atomic E-state index is 5.37. The van der Waals surface area contributed by atoms with Crippen molar-refractivity contribution in [1.82, 2.24) is 15.0 Å². The summed E-state index contributed by atoms with van der Waals surface area (Å²) >= 11 is 1.80. The Morgan fingerprint density at radius 3 is 2.42 bits per heavy atom. The fraction of sp³-hybridized carbons (Fsp3) is 0.480. The van der Waals surface area contributed by atoms with Crippen LogP contribution in [0.15, 0.2) is 36.8 Å². The molecule has 1 aliphatic heterocycles. The smallest absolute Gasteiger partial charge is 0.186 e. The Bertz CT molecular complexity index is 1000. The van der Waals surface area contributed by atoms with Crippen molar-refractivity contribution >= 4 is 16.5 Å². The molecule has 0 bridgehead atoms. The molecule has 5 nitrogen and oxygen atoms in total. The second kappa shape index (κ2) is 9.35. The van der Waals surface area contributed by atoms with E-state index in [9.17, 15) is 0 Å². The number of methoxy groups -OCH3 is 1. The van der Waals surface area contributed by atoms with Crippen molar-refractivity contribution in [3.63, 3.8) is 0 Å². The Morgan fingerprint density at radius 1 is 0.935 bits per heavy atom. The third kappa shape index (κ3) is 4.31. The Hall–Kier alpha value is -2.47. The Balaban J connectivity index is 1.60. The first-order valence-corrected chi connectivity index (χ1v) is 12.4. The maximum Gasteiger partial charge on any atom is 0.186 e. The zero-order valence-corrected chi connectivity index (χ0v) is 19.0. The number of hydrogen-bond acceptors (Lipinski definition) is 6. The standard InChI is InChI=1S/C25H30N4OS/c1-30-20-12-10-19(11-13-20)22-24(31-25(28-22)29-14-6-3-7-15-29)23-21(16-26-17-27-23)18-8-4-2-5-9-18/h10-13,16-18H,2-9,14-15H2,1H3. The van der Waals surface area contributed by atoms with E-state index >= 15 is 0 Å². The molecule has 0 amide bonds. The van der Waals surface area contributed by atoms with Gasteiger partial charge in [0, 0.05) is 30.4 Å². The minimum Gasteiger partial charge on any atom is -0.497 e. The van der Waals surface area contributed by atoms with Crippen LogP contribution >= 0.6 is 11.3 Å². The van der Waals surface area contributed by atoms with Gasteiger partial charge in [-0.05, 0) is 62.3 Å². The summed E-state index contributed by atoms with van der Waals surface area (Å²) in [7, 11) is 1.70. The Kier molecular flexibility index (Phi) is 6.16. The molecule has 0 unspecified atom stereocenters. The molecule has 0 N–H and O–H groups in total. The first-order chi connectivity index (χ1) is 15.3. The summed E-state index contributed by atoms with van der Waals surface area (Å²) in [5.41, 5.74) is 4.52. The fourth-order valence-corrected chi connectivity index (χ4v) is 6.04. The monoisotopic (exact) mass is 434 g/mol. The molecule has 3 heterocycles. The van der Waals surface area contributed by atoms with Crippen LogP contribution in [0, 0.1) is 0 Å². The lowest BCUT2D eigenvalue weighted by Gasteiger charge is -2.25. The van der Waals surface area contributed by atoms with Crippen LogP contribution in [0.4, 0.5) is 5.13 Å². The molecule has 1 saturated heterocycles. The van der Waals surface area contributed by atoms with E-state index in [1.165, 1.54) is 61.8 Å². The summed E-state index contributed by atoms with van der Waals surface area (Å²) in [4.78, 5) is 18.0. The zero-order valence-electron chi connectivity index (χ0n) is 18.2. The van der Waals surface area contributed by atoms with E-state index in [2.05, 4.69) is 28.2 Å². The number of piperidine rings is 1. The predicted molar refractivity (Wildman–Crippen MR) is 127 cm³/mol. The maximum atomic E-state index is 5.37. The van der Waals surface area contributed by atoms with Crippen LogP contribution in [0.2, 0.25) is 0 Å². The van der Waals surface area contributed by atoms with Crippen LogP contribution < -0.4 is 9.64 Å². The van der Waals surface area contributed by atoms with Crippen molar-refractivity contribution in [1.29, 1.82) is 0 Å². The highest BCUT2D eigenvalue weighted by Crippen LogP contribution is 2.44. The van der Waals surface area contributed by atoms with E-state index in [1.807, 2.05) is 12.1 Å². The van der Waals surface area contributed by atoms with Crippen molar-refractivity contribution in [2.45, 2.75) is 57.3 Å². The van der Waals surface area contributed by atoms with Gasteiger partial charge in [0.05, 0.1) is 23.4 Å². The van der Waals surface area contributed by atoms with Crippen molar-refractivity contribution in [2.24, 2.45) is 0 Å². The van der Waals surface area contributed by atoms with Crippen LogP contribution in [0.3, 0.4) is 0 Å². The predicted octanol–water partition coefficient (Wildman–Crippen LogP) is 6.31. The molecule has 31 heavy (non-hydrogen) atoms. The summed E-state index contributed by atoms with van der Waals surface area (Å²) in [5.74, 6) is 1.41. The number of aromatic nitrogens is 3. The molecule has 1 aliphatic carbocycles. The fourth-order valence-electron chi connectivity index (χ4n) is 4.88. The zero-order chi connectivity index (χ0) is 21.0. The Morgan fingerprint density at radius 2 is 1.68 bits per heavy atom. The van der Waals surface area contributed by atoms with Gasteiger partial charge in [-0.2, -0.15) is 0 Å². The van der Waals surface area contributed by atoms with Gasteiger partial charge in [0.15, 0.2) is 5.13 Å². The first kappa shape index (κ1) is 20.4. The lowest BCUT2D eigenvalue weighted by Crippen LogP contribution is -2.29. The largest absolute Gasteiger partial charge is 0.497 e. The number of nitrogens with zero attached hydrogens (tertiary/aromatic N) is 4. The van der Waals surface area contributed by atoms with E-state index in [4.69, 9.17) is 14.7 Å². The van der Waals surface area contributed by atoms with Crippen molar-refractivity contribution in [3.8, 4) is 27.6 Å². The quantitative estimate of drug-likeness (QED) is 0.471. The second-order valence-corrected chi connectivity index (χ2v) is 9.59. The average Bonchev–Trinajstić information content (AvgIpc) is 3.31. The number of thiazole rings is 1. The minimum absolute atomic E-state index is 0.550. The summed E-state index contributed by atoms with van der Waals surface area (Å²) in [6.07, 6.45) is 14.0. The molecule has 0 atom stereocenters. The molecule has 0 radical (unpaired) electrons. The third-order valence-electron chi connectivity index (χ3n) is 6.61. The normalized spacial score (nSPS) is 17.6. The van der Waals surface area contributed by atoms with Crippen molar-refractivity contribution < 1.29 is 4.74 Å². The highest BCUT2D eigenvalue weighted by molar-refractivity contribution is 7.19. The van der Waals surface area contributed by atoms with E-state index in [0.29, 0.717) is 5.92 Å². The second-order valence-electron chi connectivity index (χ2n) is 8.61. The van der Waals surface area contributed by atoms with Crippen LogP contribution in [-0.4, -0.2) is 35.2 Å². The number of rotatable bonds is 5. The summed E-state index contributed by atoms with van der Waals surface area (Å²) in [5, 5.41) is 1.12. The average molecular weight is 435 g/mol. The van der Waals surface area contributed by atoms with E-state index < -0.39 is 0 Å². The highest BCUT2D eigenvalue weighted by Gasteiger charge is 2.26.